The van der Waals surface area contributed by atoms with Gasteiger partial charge in [-0.3, -0.25) is 0 Å². The average molecular weight is 288 g/mol. The number of halogens is 1. The molecule has 3 heteroatoms. The van der Waals surface area contributed by atoms with Gasteiger partial charge in [-0.25, -0.2) is 0 Å². The van der Waals surface area contributed by atoms with Crippen LogP contribution in [0.3, 0.4) is 0 Å². The molecule has 0 amide bonds. The van der Waals surface area contributed by atoms with Crippen LogP contribution in [-0.2, 0) is 23.2 Å². The Balaban J connectivity index is 0. The number of rotatable bonds is 2. The van der Waals surface area contributed by atoms with Crippen LogP contribution in [0.25, 0.3) is 0 Å². The van der Waals surface area contributed by atoms with Crippen molar-refractivity contribution in [2.24, 2.45) is 0 Å². The van der Waals surface area contributed by atoms with Gasteiger partial charge in [0.05, 0.1) is 0 Å². The molecular formula is C4H10ClHfO. The summed E-state index contributed by atoms with van der Waals surface area (Å²) in [7, 11) is 4.78. The minimum atomic E-state index is 0.344. The Morgan fingerprint density at radius 3 is 2.00 bits per heavy atom. The van der Waals surface area contributed by atoms with E-state index < -0.39 is 0 Å². The van der Waals surface area contributed by atoms with Crippen molar-refractivity contribution in [1.82, 2.24) is 0 Å². The fourth-order valence-corrected chi connectivity index (χ4v) is 0.158. The molecule has 0 radical (unpaired) electrons. The summed E-state index contributed by atoms with van der Waals surface area (Å²) < 4.78 is 0. The van der Waals surface area contributed by atoms with Crippen molar-refractivity contribution in [3.05, 3.63) is 0 Å². The van der Waals surface area contributed by atoms with Gasteiger partial charge >= 0.3 is 31.8 Å². The van der Waals surface area contributed by atoms with E-state index in [1.54, 1.807) is 0 Å². The number of hydrogen-bond donors (Lipinski definition) is 1. The summed E-state index contributed by atoms with van der Waals surface area (Å²) in [6.07, 6.45) is 2.04. The molecular weight excluding hydrogens is 278 g/mol. The van der Waals surface area contributed by atoms with Crippen LogP contribution < -0.4 is 0 Å². The first-order valence-corrected chi connectivity index (χ1v) is 6.66. The second-order valence-corrected chi connectivity index (χ2v) is 1.08. The molecule has 0 fully saturated rings. The van der Waals surface area contributed by atoms with Crippen LogP contribution in [0.15, 0.2) is 0 Å². The summed E-state index contributed by atoms with van der Waals surface area (Å²) in [5.74, 6) is 0. The molecule has 0 aromatic rings. The van der Waals surface area contributed by atoms with Crippen LogP contribution >= 0.6 is 8.58 Å². The molecule has 7 heavy (non-hydrogen) atoms. The van der Waals surface area contributed by atoms with E-state index in [9.17, 15) is 0 Å². The molecule has 1 nitrogen and oxygen atoms in total. The van der Waals surface area contributed by atoms with Gasteiger partial charge in [-0.05, 0) is 6.42 Å². The van der Waals surface area contributed by atoms with Gasteiger partial charge in [0.2, 0.25) is 0 Å². The Kier molecular flexibility index (Phi) is 24.7. The zero-order valence-corrected chi connectivity index (χ0v) is 8.80. The van der Waals surface area contributed by atoms with Gasteiger partial charge in [0.1, 0.15) is 0 Å². The third kappa shape index (κ3) is 19.2. The summed E-state index contributed by atoms with van der Waals surface area (Å²) in [4.78, 5) is 0. The molecule has 0 aliphatic rings. The van der Waals surface area contributed by atoms with Gasteiger partial charge in [0, 0.05) is 6.61 Å². The predicted molar refractivity (Wildman–Crippen MR) is 27.8 cm³/mol. The molecule has 0 aromatic heterocycles. The van der Waals surface area contributed by atoms with Crippen LogP contribution in [0.1, 0.15) is 19.8 Å². The second kappa shape index (κ2) is 15.7. The number of aliphatic hydroxyl groups is 1. The summed E-state index contributed by atoms with van der Waals surface area (Å²) >= 11 is 0.778. The van der Waals surface area contributed by atoms with Crippen LogP contribution in [0.4, 0.5) is 0 Å². The van der Waals surface area contributed by atoms with E-state index in [1.165, 1.54) is 0 Å². The maximum atomic E-state index is 8.07. The summed E-state index contributed by atoms with van der Waals surface area (Å²) in [5.41, 5.74) is 0. The molecule has 1 N–H and O–H groups in total. The first-order valence-electron chi connectivity index (χ1n) is 2.21. The standard InChI is InChI=1S/C4H10O.ClH.Hf/c1-2-3-4-5;;/h5H,2-4H2,1H3;1H;/q;;+1/p-1. The van der Waals surface area contributed by atoms with Crippen molar-refractivity contribution in [2.75, 3.05) is 6.61 Å². The van der Waals surface area contributed by atoms with Gasteiger partial charge in [-0.1, -0.05) is 13.3 Å². The van der Waals surface area contributed by atoms with Crippen molar-refractivity contribution < 1.29 is 28.3 Å². The quantitative estimate of drug-likeness (QED) is 0.763. The maximum absolute atomic E-state index is 8.07. The normalized spacial score (nSPS) is 6.57. The van der Waals surface area contributed by atoms with Crippen molar-refractivity contribution in [3.63, 3.8) is 0 Å². The SMILES string of the molecule is CCCCO.[Cl][Hf]. The Morgan fingerprint density at radius 1 is 1.57 bits per heavy atom. The van der Waals surface area contributed by atoms with Crippen molar-refractivity contribution in [2.45, 2.75) is 19.8 Å². The number of aliphatic hydroxyl groups excluding tert-OH is 1. The van der Waals surface area contributed by atoms with Crippen molar-refractivity contribution in [1.29, 1.82) is 0 Å². The third-order valence-corrected chi connectivity index (χ3v) is 0.512. The molecule has 0 aliphatic heterocycles. The van der Waals surface area contributed by atoms with E-state index >= 15 is 0 Å². The molecule has 0 aliphatic carbocycles. The summed E-state index contributed by atoms with van der Waals surface area (Å²) in [6.45, 7) is 2.40. The average Bonchev–Trinajstić information content (AvgIpc) is 1.75. The Labute approximate surface area is 63.2 Å². The molecule has 43 valence electrons. The van der Waals surface area contributed by atoms with Crippen LogP contribution in [0.2, 0.25) is 0 Å². The van der Waals surface area contributed by atoms with Gasteiger partial charge in [-0.15, -0.1) is 0 Å². The minimum absolute atomic E-state index is 0.344. The number of unbranched alkanes of at least 4 members (excludes halogenated alkanes) is 1. The Hall–Kier alpha value is 1.12. The zero-order valence-electron chi connectivity index (χ0n) is 4.45. The Morgan fingerprint density at radius 2 is 2.00 bits per heavy atom. The van der Waals surface area contributed by atoms with Crippen molar-refractivity contribution in [3.8, 4) is 0 Å². The molecule has 0 atom stereocenters. The summed E-state index contributed by atoms with van der Waals surface area (Å²) in [5, 5.41) is 8.07. The summed E-state index contributed by atoms with van der Waals surface area (Å²) in [6, 6.07) is 0. The molecule has 0 spiro atoms. The van der Waals surface area contributed by atoms with Crippen LogP contribution in [0, 0.1) is 0 Å². The first kappa shape index (κ1) is 11.0. The predicted octanol–water partition coefficient (Wildman–Crippen LogP) is 1.47. The van der Waals surface area contributed by atoms with E-state index in [1.807, 2.05) is 0 Å². The number of hydrogen-bond acceptors (Lipinski definition) is 1. The second-order valence-electron chi connectivity index (χ2n) is 1.08. The van der Waals surface area contributed by atoms with E-state index in [0.29, 0.717) is 6.61 Å². The van der Waals surface area contributed by atoms with Crippen molar-refractivity contribution >= 4 is 8.58 Å². The fraction of sp³-hybridized carbons (Fsp3) is 1.00. The molecule has 0 heterocycles. The topological polar surface area (TPSA) is 20.2 Å². The molecule has 0 unspecified atom stereocenters. The van der Waals surface area contributed by atoms with Crippen LogP contribution in [0.5, 0.6) is 0 Å². The fourth-order valence-electron chi connectivity index (χ4n) is 0.158. The monoisotopic (exact) mass is 289 g/mol. The first-order chi connectivity index (χ1) is 3.41. The molecule has 0 aromatic carbocycles. The van der Waals surface area contributed by atoms with Crippen LogP contribution in [-0.4, -0.2) is 11.7 Å². The van der Waals surface area contributed by atoms with Gasteiger partial charge in [0.15, 0.2) is 0 Å². The molecule has 0 saturated heterocycles. The van der Waals surface area contributed by atoms with Gasteiger partial charge in [0.25, 0.3) is 0 Å². The van der Waals surface area contributed by atoms with E-state index in [2.05, 4.69) is 6.92 Å². The molecule has 0 bridgehead atoms. The molecule has 0 saturated carbocycles. The van der Waals surface area contributed by atoms with E-state index in [-0.39, 0.29) is 0 Å². The van der Waals surface area contributed by atoms with E-state index in [0.717, 1.165) is 36.0 Å². The zero-order chi connectivity index (χ0) is 6.12. The van der Waals surface area contributed by atoms with Gasteiger partial charge < -0.3 is 5.11 Å². The third-order valence-electron chi connectivity index (χ3n) is 0.512. The van der Waals surface area contributed by atoms with E-state index in [4.69, 9.17) is 13.7 Å². The van der Waals surface area contributed by atoms with Gasteiger partial charge in [-0.2, -0.15) is 0 Å². The molecule has 0 rings (SSSR count). The Bertz CT molecular complexity index is 19.2.